The third-order valence-corrected chi connectivity index (χ3v) is 3.58. The maximum atomic E-state index is 13.5. The summed E-state index contributed by atoms with van der Waals surface area (Å²) in [5.74, 6) is -3.06. The fourth-order valence-corrected chi connectivity index (χ4v) is 2.07. The largest absolute Gasteiger partial charge is 0.325 e. The molecule has 7 heteroatoms. The van der Waals surface area contributed by atoms with Gasteiger partial charge in [0.25, 0.3) is 5.91 Å². The number of hydrogen-bond acceptors (Lipinski definition) is 3. The van der Waals surface area contributed by atoms with Crippen LogP contribution in [0, 0.1) is 11.6 Å². The molecule has 1 aliphatic rings. The van der Waals surface area contributed by atoms with Crippen molar-refractivity contribution in [1.29, 1.82) is 0 Å². The first kappa shape index (κ1) is 15.1. The standard InChI is InChI=1S/C14H14F2N2O3/c1-3-14(2)12(20)18(13(21)17-14)7-11(19)9-6-8(15)4-5-10(9)16/h4-6H,3,7H2,1-2H3,(H,17,21). The zero-order valence-corrected chi connectivity index (χ0v) is 11.6. The summed E-state index contributed by atoms with van der Waals surface area (Å²) in [6, 6.07) is 1.74. The van der Waals surface area contributed by atoms with Crippen molar-refractivity contribution < 1.29 is 23.2 Å². The lowest BCUT2D eigenvalue weighted by Crippen LogP contribution is -2.43. The molecule has 0 radical (unpaired) electrons. The fourth-order valence-electron chi connectivity index (χ4n) is 2.07. The van der Waals surface area contributed by atoms with Crippen LogP contribution in [0.4, 0.5) is 13.6 Å². The zero-order chi connectivity index (χ0) is 15.8. The smallest absolute Gasteiger partial charge is 0.323 e. The number of amides is 3. The molecule has 1 saturated heterocycles. The predicted molar refractivity (Wildman–Crippen MR) is 69.6 cm³/mol. The fraction of sp³-hybridized carbons (Fsp3) is 0.357. The van der Waals surface area contributed by atoms with Gasteiger partial charge in [0.15, 0.2) is 5.78 Å². The minimum Gasteiger partial charge on any atom is -0.323 e. The van der Waals surface area contributed by atoms with E-state index in [2.05, 4.69) is 5.32 Å². The van der Waals surface area contributed by atoms with E-state index in [1.54, 1.807) is 13.8 Å². The molecule has 1 fully saturated rings. The molecule has 112 valence electrons. The number of hydrogen-bond donors (Lipinski definition) is 1. The SMILES string of the molecule is CCC1(C)NC(=O)N(CC(=O)c2cc(F)ccc2F)C1=O. The van der Waals surface area contributed by atoms with Crippen LogP contribution in [-0.2, 0) is 4.79 Å². The van der Waals surface area contributed by atoms with E-state index in [-0.39, 0.29) is 0 Å². The second-order valence-electron chi connectivity index (χ2n) is 5.05. The Morgan fingerprint density at radius 3 is 2.57 bits per heavy atom. The number of halogens is 2. The molecule has 1 N–H and O–H groups in total. The van der Waals surface area contributed by atoms with Crippen molar-refractivity contribution in [3.8, 4) is 0 Å². The molecule has 5 nitrogen and oxygen atoms in total. The van der Waals surface area contributed by atoms with Gasteiger partial charge in [-0.3, -0.25) is 14.5 Å². The molecule has 21 heavy (non-hydrogen) atoms. The number of rotatable bonds is 4. The van der Waals surface area contributed by atoms with Crippen molar-refractivity contribution in [3.63, 3.8) is 0 Å². The average Bonchev–Trinajstić information content (AvgIpc) is 2.65. The predicted octanol–water partition coefficient (Wildman–Crippen LogP) is 1.87. The molecular weight excluding hydrogens is 282 g/mol. The number of benzene rings is 1. The Hall–Kier alpha value is -2.31. The molecule has 1 aliphatic heterocycles. The van der Waals surface area contributed by atoms with Crippen LogP contribution in [0.5, 0.6) is 0 Å². The molecule has 2 rings (SSSR count). The topological polar surface area (TPSA) is 66.5 Å². The van der Waals surface area contributed by atoms with E-state index >= 15 is 0 Å². The van der Waals surface area contributed by atoms with Crippen molar-refractivity contribution in [2.75, 3.05) is 6.54 Å². The highest BCUT2D eigenvalue weighted by atomic mass is 19.1. The molecule has 1 unspecified atom stereocenters. The Morgan fingerprint density at radius 1 is 1.33 bits per heavy atom. The maximum absolute atomic E-state index is 13.5. The van der Waals surface area contributed by atoms with Crippen LogP contribution in [0.15, 0.2) is 18.2 Å². The summed E-state index contributed by atoms with van der Waals surface area (Å²) in [6.07, 6.45) is 0.358. The van der Waals surface area contributed by atoms with Crippen molar-refractivity contribution in [1.82, 2.24) is 10.2 Å². The lowest BCUT2D eigenvalue weighted by Gasteiger charge is -2.19. The number of nitrogens with zero attached hydrogens (tertiary/aromatic N) is 1. The van der Waals surface area contributed by atoms with Crippen molar-refractivity contribution in [3.05, 3.63) is 35.4 Å². The molecule has 1 aromatic rings. The van der Waals surface area contributed by atoms with Crippen LogP contribution in [0.3, 0.4) is 0 Å². The van der Waals surface area contributed by atoms with E-state index in [1.807, 2.05) is 0 Å². The number of carbonyl (C=O) groups excluding carboxylic acids is 3. The molecule has 3 amide bonds. The third-order valence-electron chi connectivity index (χ3n) is 3.58. The highest BCUT2D eigenvalue weighted by Crippen LogP contribution is 2.21. The highest BCUT2D eigenvalue weighted by molar-refractivity contribution is 6.11. The van der Waals surface area contributed by atoms with Crippen LogP contribution in [0.1, 0.15) is 30.6 Å². The average molecular weight is 296 g/mol. The molecular formula is C14H14F2N2O3. The molecule has 0 aromatic heterocycles. The molecule has 1 aromatic carbocycles. The number of urea groups is 1. The molecule has 1 heterocycles. The summed E-state index contributed by atoms with van der Waals surface area (Å²) >= 11 is 0. The van der Waals surface area contributed by atoms with Gasteiger partial charge in [0.05, 0.1) is 12.1 Å². The lowest BCUT2D eigenvalue weighted by atomic mass is 9.99. The summed E-state index contributed by atoms with van der Waals surface area (Å²) < 4.78 is 26.6. The monoisotopic (exact) mass is 296 g/mol. The van der Waals surface area contributed by atoms with Crippen LogP contribution in [-0.4, -0.2) is 34.7 Å². The maximum Gasteiger partial charge on any atom is 0.325 e. The van der Waals surface area contributed by atoms with Gasteiger partial charge in [-0.2, -0.15) is 0 Å². The minimum atomic E-state index is -1.07. The van der Waals surface area contributed by atoms with Crippen molar-refractivity contribution >= 4 is 17.7 Å². The van der Waals surface area contributed by atoms with Gasteiger partial charge in [-0.05, 0) is 31.5 Å². The quantitative estimate of drug-likeness (QED) is 0.681. The number of imide groups is 1. The van der Waals surface area contributed by atoms with Gasteiger partial charge in [-0.25, -0.2) is 13.6 Å². The van der Waals surface area contributed by atoms with Gasteiger partial charge in [0, 0.05) is 0 Å². The van der Waals surface area contributed by atoms with Crippen LogP contribution in [0.25, 0.3) is 0 Å². The van der Waals surface area contributed by atoms with E-state index in [9.17, 15) is 23.2 Å². The number of carbonyl (C=O) groups is 3. The normalized spacial score (nSPS) is 21.6. The Bertz CT molecular complexity index is 633. The number of nitrogens with one attached hydrogen (secondary N) is 1. The van der Waals surface area contributed by atoms with Crippen LogP contribution >= 0.6 is 0 Å². The lowest BCUT2D eigenvalue weighted by molar-refractivity contribution is -0.130. The van der Waals surface area contributed by atoms with E-state index < -0.39 is 47.0 Å². The summed E-state index contributed by atoms with van der Waals surface area (Å²) in [4.78, 5) is 36.6. The number of ketones is 1. The van der Waals surface area contributed by atoms with Gasteiger partial charge in [0.1, 0.15) is 17.2 Å². The Morgan fingerprint density at radius 2 is 2.00 bits per heavy atom. The van der Waals surface area contributed by atoms with Gasteiger partial charge >= 0.3 is 6.03 Å². The molecule has 1 atom stereocenters. The first-order valence-electron chi connectivity index (χ1n) is 6.41. The third kappa shape index (κ3) is 2.63. The summed E-state index contributed by atoms with van der Waals surface area (Å²) in [7, 11) is 0. The minimum absolute atomic E-state index is 0.358. The molecule has 0 saturated carbocycles. The molecule has 0 aliphatic carbocycles. The van der Waals surface area contributed by atoms with E-state index in [1.165, 1.54) is 0 Å². The van der Waals surface area contributed by atoms with E-state index in [0.717, 1.165) is 23.1 Å². The summed E-state index contributed by atoms with van der Waals surface area (Å²) in [6.45, 7) is 2.64. The number of Topliss-reactive ketones (excluding diaryl/α,β-unsaturated/α-hetero) is 1. The summed E-state index contributed by atoms with van der Waals surface area (Å²) in [5, 5.41) is 2.48. The zero-order valence-electron chi connectivity index (χ0n) is 11.6. The molecule has 0 spiro atoms. The Balaban J connectivity index is 2.22. The first-order chi connectivity index (χ1) is 9.78. The highest BCUT2D eigenvalue weighted by Gasteiger charge is 2.47. The van der Waals surface area contributed by atoms with Gasteiger partial charge in [0.2, 0.25) is 0 Å². The van der Waals surface area contributed by atoms with Crippen molar-refractivity contribution in [2.45, 2.75) is 25.8 Å². The van der Waals surface area contributed by atoms with E-state index in [0.29, 0.717) is 6.42 Å². The van der Waals surface area contributed by atoms with Gasteiger partial charge in [-0.15, -0.1) is 0 Å². The van der Waals surface area contributed by atoms with Crippen LogP contribution in [0.2, 0.25) is 0 Å². The van der Waals surface area contributed by atoms with Gasteiger partial charge in [-0.1, -0.05) is 6.92 Å². The second kappa shape index (κ2) is 5.23. The Kier molecular flexibility index (Phi) is 3.76. The Labute approximate surface area is 119 Å². The first-order valence-corrected chi connectivity index (χ1v) is 6.41. The second-order valence-corrected chi connectivity index (χ2v) is 5.05. The van der Waals surface area contributed by atoms with Crippen LogP contribution < -0.4 is 5.32 Å². The van der Waals surface area contributed by atoms with Crippen molar-refractivity contribution in [2.24, 2.45) is 0 Å². The summed E-state index contributed by atoms with van der Waals surface area (Å²) in [5.41, 5.74) is -1.56. The van der Waals surface area contributed by atoms with Gasteiger partial charge < -0.3 is 5.32 Å². The van der Waals surface area contributed by atoms with E-state index in [4.69, 9.17) is 0 Å². The molecule has 0 bridgehead atoms.